The van der Waals surface area contributed by atoms with Gasteiger partial charge >= 0.3 is 11.9 Å². The number of esters is 1. The number of aliphatic carboxylic acids is 1. The monoisotopic (exact) mass is 253 g/mol. The predicted molar refractivity (Wildman–Crippen MR) is 63.3 cm³/mol. The van der Waals surface area contributed by atoms with E-state index >= 15 is 0 Å². The lowest BCUT2D eigenvalue weighted by Gasteiger charge is -2.19. The normalized spacial score (nSPS) is 10.8. The third-order valence-corrected chi connectivity index (χ3v) is 2.32. The fraction of sp³-hybridized carbons (Fsp3) is 0.455. The molecule has 1 aromatic heterocycles. The van der Waals surface area contributed by atoms with E-state index in [2.05, 4.69) is 20.0 Å². The van der Waals surface area contributed by atoms with Crippen LogP contribution in [0.3, 0.4) is 0 Å². The molecule has 0 aromatic carbocycles. The topological polar surface area (TPSA) is 101 Å². The van der Waals surface area contributed by atoms with Gasteiger partial charge in [0.15, 0.2) is 5.69 Å². The van der Waals surface area contributed by atoms with Crippen LogP contribution >= 0.6 is 0 Å². The standard InChI is InChI=1S/C11H15N3O4/c1-11(2,10(16)17)6-13-8-5-12-4-7(14-8)9(15)18-3/h4-5H,6H2,1-3H3,(H,13,14)(H,16,17). The van der Waals surface area contributed by atoms with Crippen molar-refractivity contribution in [3.05, 3.63) is 18.1 Å². The molecule has 0 aliphatic heterocycles. The van der Waals surface area contributed by atoms with Gasteiger partial charge in [0.1, 0.15) is 5.82 Å². The van der Waals surface area contributed by atoms with Crippen LogP contribution in [-0.2, 0) is 9.53 Å². The SMILES string of the molecule is COC(=O)c1cncc(NCC(C)(C)C(=O)O)n1. The molecule has 7 nitrogen and oxygen atoms in total. The molecule has 0 atom stereocenters. The Balaban J connectivity index is 2.74. The third kappa shape index (κ3) is 3.41. The van der Waals surface area contributed by atoms with Crippen molar-refractivity contribution >= 4 is 17.8 Å². The Labute approximate surface area is 104 Å². The molecule has 18 heavy (non-hydrogen) atoms. The third-order valence-electron chi connectivity index (χ3n) is 2.32. The number of nitrogens with one attached hydrogen (secondary N) is 1. The molecule has 0 unspecified atom stereocenters. The van der Waals surface area contributed by atoms with Gasteiger partial charge in [-0.25, -0.2) is 9.78 Å². The quantitative estimate of drug-likeness (QED) is 0.748. The second-order valence-electron chi connectivity index (χ2n) is 4.32. The zero-order chi connectivity index (χ0) is 13.8. The van der Waals surface area contributed by atoms with Crippen LogP contribution in [0.2, 0.25) is 0 Å². The van der Waals surface area contributed by atoms with Crippen molar-refractivity contribution in [2.45, 2.75) is 13.8 Å². The summed E-state index contributed by atoms with van der Waals surface area (Å²) in [4.78, 5) is 29.9. The molecular weight excluding hydrogens is 238 g/mol. The molecule has 0 amide bonds. The van der Waals surface area contributed by atoms with E-state index in [0.29, 0.717) is 5.82 Å². The summed E-state index contributed by atoms with van der Waals surface area (Å²) >= 11 is 0. The van der Waals surface area contributed by atoms with Gasteiger partial charge in [-0.2, -0.15) is 0 Å². The van der Waals surface area contributed by atoms with Crippen LogP contribution < -0.4 is 5.32 Å². The Morgan fingerprint density at radius 1 is 1.44 bits per heavy atom. The molecule has 0 saturated carbocycles. The summed E-state index contributed by atoms with van der Waals surface area (Å²) in [6, 6.07) is 0. The highest BCUT2D eigenvalue weighted by atomic mass is 16.5. The van der Waals surface area contributed by atoms with Gasteiger partial charge in [-0.15, -0.1) is 0 Å². The van der Waals surface area contributed by atoms with Crippen molar-refractivity contribution in [2.24, 2.45) is 5.41 Å². The fourth-order valence-corrected chi connectivity index (χ4v) is 1.04. The number of carboxylic acid groups (broad SMARTS) is 1. The first-order chi connectivity index (χ1) is 8.36. The van der Waals surface area contributed by atoms with E-state index < -0.39 is 17.4 Å². The first-order valence-corrected chi connectivity index (χ1v) is 5.24. The van der Waals surface area contributed by atoms with Crippen LogP contribution in [0, 0.1) is 5.41 Å². The summed E-state index contributed by atoms with van der Waals surface area (Å²) in [6.45, 7) is 3.33. The smallest absolute Gasteiger partial charge is 0.358 e. The first kappa shape index (κ1) is 13.9. The van der Waals surface area contributed by atoms with E-state index in [0.717, 1.165) is 0 Å². The fourth-order valence-electron chi connectivity index (χ4n) is 1.04. The summed E-state index contributed by atoms with van der Waals surface area (Å²) in [5, 5.41) is 11.8. The summed E-state index contributed by atoms with van der Waals surface area (Å²) in [5.41, 5.74) is -0.876. The number of anilines is 1. The van der Waals surface area contributed by atoms with E-state index in [1.165, 1.54) is 19.5 Å². The maximum absolute atomic E-state index is 11.2. The van der Waals surface area contributed by atoms with Crippen LogP contribution in [0.1, 0.15) is 24.3 Å². The zero-order valence-electron chi connectivity index (χ0n) is 10.4. The van der Waals surface area contributed by atoms with Crippen LogP contribution in [0.4, 0.5) is 5.82 Å². The molecule has 0 aliphatic rings. The first-order valence-electron chi connectivity index (χ1n) is 5.24. The number of carbonyl (C=O) groups is 2. The number of methoxy groups -OCH3 is 1. The molecule has 1 heterocycles. The Morgan fingerprint density at radius 2 is 2.11 bits per heavy atom. The summed E-state index contributed by atoms with van der Waals surface area (Å²) < 4.78 is 4.51. The molecule has 98 valence electrons. The molecule has 0 radical (unpaired) electrons. The average molecular weight is 253 g/mol. The van der Waals surface area contributed by atoms with Gasteiger partial charge in [0.2, 0.25) is 0 Å². The number of rotatable bonds is 5. The van der Waals surface area contributed by atoms with E-state index in [4.69, 9.17) is 5.11 Å². The summed E-state index contributed by atoms with van der Waals surface area (Å²) in [5.74, 6) is -1.19. The zero-order valence-corrected chi connectivity index (χ0v) is 10.4. The van der Waals surface area contributed by atoms with Crippen LogP contribution in [0.25, 0.3) is 0 Å². The maximum Gasteiger partial charge on any atom is 0.358 e. The van der Waals surface area contributed by atoms with E-state index in [-0.39, 0.29) is 12.2 Å². The molecule has 0 fully saturated rings. The minimum Gasteiger partial charge on any atom is -0.481 e. The lowest BCUT2D eigenvalue weighted by atomic mass is 9.94. The van der Waals surface area contributed by atoms with Crippen molar-refractivity contribution in [3.8, 4) is 0 Å². The predicted octanol–water partition coefficient (Wildman–Crippen LogP) is 0.786. The Kier molecular flexibility index (Phi) is 4.19. The molecule has 2 N–H and O–H groups in total. The van der Waals surface area contributed by atoms with Crippen molar-refractivity contribution in [3.63, 3.8) is 0 Å². The average Bonchev–Trinajstić information content (AvgIpc) is 2.35. The second-order valence-corrected chi connectivity index (χ2v) is 4.32. The number of carbonyl (C=O) groups excluding carboxylic acids is 1. The van der Waals surface area contributed by atoms with E-state index in [1.807, 2.05) is 0 Å². The van der Waals surface area contributed by atoms with Crippen LogP contribution in [-0.4, -0.2) is 40.7 Å². The van der Waals surface area contributed by atoms with Gasteiger partial charge in [0.25, 0.3) is 0 Å². The maximum atomic E-state index is 11.2. The van der Waals surface area contributed by atoms with Gasteiger partial charge in [0.05, 0.1) is 24.9 Å². The molecule has 0 saturated heterocycles. The highest BCUT2D eigenvalue weighted by Gasteiger charge is 2.26. The highest BCUT2D eigenvalue weighted by Crippen LogP contribution is 2.16. The van der Waals surface area contributed by atoms with Gasteiger partial charge < -0.3 is 15.2 Å². The van der Waals surface area contributed by atoms with Crippen LogP contribution in [0.15, 0.2) is 12.4 Å². The number of ether oxygens (including phenoxy) is 1. The van der Waals surface area contributed by atoms with Crippen LogP contribution in [0.5, 0.6) is 0 Å². The molecule has 0 spiro atoms. The van der Waals surface area contributed by atoms with Gasteiger partial charge in [0, 0.05) is 6.54 Å². The molecule has 0 aliphatic carbocycles. The number of aromatic nitrogens is 2. The molecule has 0 bridgehead atoms. The lowest BCUT2D eigenvalue weighted by Crippen LogP contribution is -2.32. The number of carboxylic acids is 1. The minimum atomic E-state index is -0.942. The Bertz CT molecular complexity index is 459. The molecular formula is C11H15N3O4. The van der Waals surface area contributed by atoms with Crippen molar-refractivity contribution in [1.82, 2.24) is 9.97 Å². The van der Waals surface area contributed by atoms with E-state index in [1.54, 1.807) is 13.8 Å². The number of nitrogens with zero attached hydrogens (tertiary/aromatic N) is 2. The summed E-state index contributed by atoms with van der Waals surface area (Å²) in [6.07, 6.45) is 2.68. The van der Waals surface area contributed by atoms with Gasteiger partial charge in [-0.05, 0) is 13.8 Å². The van der Waals surface area contributed by atoms with Crippen molar-refractivity contribution in [2.75, 3.05) is 19.0 Å². The molecule has 1 rings (SSSR count). The largest absolute Gasteiger partial charge is 0.481 e. The van der Waals surface area contributed by atoms with Crippen molar-refractivity contribution < 1.29 is 19.4 Å². The Morgan fingerprint density at radius 3 is 2.67 bits per heavy atom. The van der Waals surface area contributed by atoms with Crippen molar-refractivity contribution in [1.29, 1.82) is 0 Å². The molecule has 1 aromatic rings. The number of hydrogen-bond donors (Lipinski definition) is 2. The lowest BCUT2D eigenvalue weighted by molar-refractivity contribution is -0.146. The minimum absolute atomic E-state index is 0.0654. The highest BCUT2D eigenvalue weighted by molar-refractivity contribution is 5.87. The number of hydrogen-bond acceptors (Lipinski definition) is 6. The second kappa shape index (κ2) is 5.44. The van der Waals surface area contributed by atoms with E-state index in [9.17, 15) is 9.59 Å². The molecule has 7 heteroatoms. The summed E-state index contributed by atoms with van der Waals surface area (Å²) in [7, 11) is 1.25. The van der Waals surface area contributed by atoms with Gasteiger partial charge in [-0.1, -0.05) is 0 Å². The van der Waals surface area contributed by atoms with Gasteiger partial charge in [-0.3, -0.25) is 9.78 Å². The Hall–Kier alpha value is -2.18.